The fourth-order valence-electron chi connectivity index (χ4n) is 3.39. The molecule has 26 heavy (non-hydrogen) atoms. The van der Waals surface area contributed by atoms with E-state index in [1.54, 1.807) is 0 Å². The highest BCUT2D eigenvalue weighted by Crippen LogP contribution is 2.30. The van der Waals surface area contributed by atoms with Crippen LogP contribution in [-0.4, -0.2) is 32.2 Å². The van der Waals surface area contributed by atoms with Crippen molar-refractivity contribution in [3.05, 3.63) is 59.7 Å². The first-order valence-corrected chi connectivity index (χ1v) is 8.86. The van der Waals surface area contributed by atoms with E-state index < -0.39 is 0 Å². The van der Waals surface area contributed by atoms with Gasteiger partial charge in [-0.3, -0.25) is 4.79 Å². The Morgan fingerprint density at radius 1 is 1.15 bits per heavy atom. The minimum atomic E-state index is -0.0162. The summed E-state index contributed by atoms with van der Waals surface area (Å²) in [6, 6.07) is 16.2. The third kappa shape index (κ3) is 3.10. The zero-order valence-electron chi connectivity index (χ0n) is 15.0. The third-order valence-electron chi connectivity index (χ3n) is 4.83. The van der Waals surface area contributed by atoms with Gasteiger partial charge in [0.25, 0.3) is 5.91 Å². The Hall–Kier alpha value is -3.02. The molecule has 0 fully saturated rings. The molecule has 1 unspecified atom stereocenters. The van der Waals surface area contributed by atoms with Crippen molar-refractivity contribution in [1.82, 2.24) is 20.2 Å². The summed E-state index contributed by atoms with van der Waals surface area (Å²) in [5.41, 5.74) is 4.28. The number of tetrazole rings is 1. The lowest BCUT2D eigenvalue weighted by atomic mass is 9.96. The fourth-order valence-corrected chi connectivity index (χ4v) is 3.39. The van der Waals surface area contributed by atoms with Crippen LogP contribution >= 0.6 is 0 Å². The maximum atomic E-state index is 12.9. The van der Waals surface area contributed by atoms with Crippen molar-refractivity contribution in [3.8, 4) is 11.4 Å². The van der Waals surface area contributed by atoms with E-state index in [1.165, 1.54) is 15.9 Å². The molecule has 3 aromatic rings. The van der Waals surface area contributed by atoms with Crippen molar-refractivity contribution < 1.29 is 4.79 Å². The van der Waals surface area contributed by atoms with Crippen LogP contribution in [0.15, 0.2) is 48.5 Å². The average molecular weight is 347 g/mol. The molecule has 1 atom stereocenters. The predicted octanol–water partition coefficient (Wildman–Crippen LogP) is 3.02. The van der Waals surface area contributed by atoms with Crippen LogP contribution in [0.25, 0.3) is 11.4 Å². The largest absolute Gasteiger partial charge is 0.308 e. The summed E-state index contributed by atoms with van der Waals surface area (Å²) in [6.45, 7) is 4.20. The molecule has 1 amide bonds. The number of para-hydroxylation sites is 1. The molecule has 2 heterocycles. The van der Waals surface area contributed by atoms with Crippen LogP contribution in [0.2, 0.25) is 0 Å². The van der Waals surface area contributed by atoms with Gasteiger partial charge in [-0.2, -0.15) is 4.80 Å². The second-order valence-electron chi connectivity index (χ2n) is 6.79. The molecule has 1 aliphatic rings. The second-order valence-corrected chi connectivity index (χ2v) is 6.79. The first kappa shape index (κ1) is 16.4. The Morgan fingerprint density at radius 3 is 2.73 bits per heavy atom. The highest BCUT2D eigenvalue weighted by atomic mass is 16.2. The first-order chi connectivity index (χ1) is 12.6. The van der Waals surface area contributed by atoms with Crippen LogP contribution in [0, 0.1) is 6.92 Å². The molecule has 0 N–H and O–H groups in total. The van der Waals surface area contributed by atoms with Gasteiger partial charge < -0.3 is 4.90 Å². The Morgan fingerprint density at radius 2 is 1.92 bits per heavy atom. The Kier molecular flexibility index (Phi) is 4.24. The Balaban J connectivity index is 1.55. The fraction of sp³-hybridized carbons (Fsp3) is 0.300. The number of nitrogens with zero attached hydrogens (tertiary/aromatic N) is 5. The summed E-state index contributed by atoms with van der Waals surface area (Å²) in [7, 11) is 0. The van der Waals surface area contributed by atoms with Gasteiger partial charge in [0, 0.05) is 17.3 Å². The third-order valence-corrected chi connectivity index (χ3v) is 4.83. The van der Waals surface area contributed by atoms with E-state index in [9.17, 15) is 4.79 Å². The van der Waals surface area contributed by atoms with Crippen molar-refractivity contribution in [2.45, 2.75) is 39.3 Å². The molecule has 0 radical (unpaired) electrons. The number of fused-ring (bicyclic) bond motifs is 1. The van der Waals surface area contributed by atoms with E-state index in [2.05, 4.69) is 28.4 Å². The van der Waals surface area contributed by atoms with Crippen molar-refractivity contribution in [2.75, 3.05) is 4.90 Å². The molecular weight excluding hydrogens is 326 g/mol. The van der Waals surface area contributed by atoms with Gasteiger partial charge in [-0.1, -0.05) is 48.0 Å². The standard InChI is InChI=1S/C20H21N5O/c1-14-7-10-17(11-8-14)20-21-23-24(22-20)13-19(26)25-15(2)9-12-16-5-3-4-6-18(16)25/h3-8,10-11,15H,9,12-13H2,1-2H3. The molecule has 132 valence electrons. The molecule has 4 rings (SSSR count). The van der Waals surface area contributed by atoms with Gasteiger partial charge >= 0.3 is 0 Å². The van der Waals surface area contributed by atoms with E-state index in [0.29, 0.717) is 5.82 Å². The summed E-state index contributed by atoms with van der Waals surface area (Å²) < 4.78 is 0. The SMILES string of the molecule is Cc1ccc(-c2nnn(CC(=O)N3c4ccccc4CCC3C)n2)cc1. The van der Waals surface area contributed by atoms with Gasteiger partial charge in [0.05, 0.1) is 0 Å². The van der Waals surface area contributed by atoms with Crippen LogP contribution in [0.4, 0.5) is 5.69 Å². The minimum Gasteiger partial charge on any atom is -0.308 e. The number of benzene rings is 2. The molecular formula is C20H21N5O. The van der Waals surface area contributed by atoms with E-state index >= 15 is 0 Å². The highest BCUT2D eigenvalue weighted by molar-refractivity contribution is 5.95. The first-order valence-electron chi connectivity index (χ1n) is 8.86. The van der Waals surface area contributed by atoms with Gasteiger partial charge in [-0.25, -0.2) is 0 Å². The number of aryl methyl sites for hydroxylation is 2. The van der Waals surface area contributed by atoms with Crippen LogP contribution in [0.5, 0.6) is 0 Å². The normalized spacial score (nSPS) is 16.4. The summed E-state index contributed by atoms with van der Waals surface area (Å²) >= 11 is 0. The lowest BCUT2D eigenvalue weighted by Gasteiger charge is -2.35. The van der Waals surface area contributed by atoms with Gasteiger partial charge in [-0.05, 0) is 43.5 Å². The van der Waals surface area contributed by atoms with Crippen molar-refractivity contribution >= 4 is 11.6 Å². The molecule has 0 spiro atoms. The number of rotatable bonds is 3. The van der Waals surface area contributed by atoms with Crippen LogP contribution < -0.4 is 4.90 Å². The van der Waals surface area contributed by atoms with Gasteiger partial charge in [-0.15, -0.1) is 10.2 Å². The van der Waals surface area contributed by atoms with Crippen LogP contribution in [0.1, 0.15) is 24.5 Å². The minimum absolute atomic E-state index is 0.0162. The number of anilines is 1. The Bertz CT molecular complexity index is 931. The lowest BCUT2D eigenvalue weighted by molar-refractivity contribution is -0.120. The molecule has 0 bridgehead atoms. The van der Waals surface area contributed by atoms with E-state index in [1.807, 2.05) is 54.3 Å². The van der Waals surface area contributed by atoms with E-state index in [0.717, 1.165) is 24.1 Å². The average Bonchev–Trinajstić information content (AvgIpc) is 3.10. The Labute approximate surface area is 152 Å². The second kappa shape index (κ2) is 6.71. The summed E-state index contributed by atoms with van der Waals surface area (Å²) in [4.78, 5) is 16.2. The van der Waals surface area contributed by atoms with Crippen molar-refractivity contribution in [1.29, 1.82) is 0 Å². The predicted molar refractivity (Wildman–Crippen MR) is 99.7 cm³/mol. The molecule has 0 saturated heterocycles. The molecule has 6 nitrogen and oxygen atoms in total. The lowest BCUT2D eigenvalue weighted by Crippen LogP contribution is -2.44. The van der Waals surface area contributed by atoms with Crippen molar-refractivity contribution in [3.63, 3.8) is 0 Å². The zero-order valence-corrected chi connectivity index (χ0v) is 15.0. The zero-order chi connectivity index (χ0) is 18.1. The molecule has 2 aromatic carbocycles. The number of amides is 1. The van der Waals surface area contributed by atoms with E-state index in [4.69, 9.17) is 0 Å². The topological polar surface area (TPSA) is 63.9 Å². The van der Waals surface area contributed by atoms with Crippen LogP contribution in [-0.2, 0) is 17.8 Å². The van der Waals surface area contributed by atoms with Gasteiger partial charge in [0.15, 0.2) is 0 Å². The van der Waals surface area contributed by atoms with Gasteiger partial charge in [0.1, 0.15) is 6.54 Å². The molecule has 6 heteroatoms. The van der Waals surface area contributed by atoms with Gasteiger partial charge in [0.2, 0.25) is 5.82 Å². The number of aromatic nitrogens is 4. The number of carbonyl (C=O) groups is 1. The monoisotopic (exact) mass is 347 g/mol. The highest BCUT2D eigenvalue weighted by Gasteiger charge is 2.28. The summed E-state index contributed by atoms with van der Waals surface area (Å²) in [5, 5.41) is 12.5. The maximum absolute atomic E-state index is 12.9. The molecule has 1 aliphatic heterocycles. The molecule has 1 aromatic heterocycles. The quantitative estimate of drug-likeness (QED) is 0.730. The number of hydrogen-bond acceptors (Lipinski definition) is 4. The summed E-state index contributed by atoms with van der Waals surface area (Å²) in [6.07, 6.45) is 1.96. The van der Waals surface area contributed by atoms with Crippen molar-refractivity contribution in [2.24, 2.45) is 0 Å². The smallest absolute Gasteiger partial charge is 0.250 e. The molecule has 0 saturated carbocycles. The number of hydrogen-bond donors (Lipinski definition) is 0. The summed E-state index contributed by atoms with van der Waals surface area (Å²) in [5.74, 6) is 0.516. The van der Waals surface area contributed by atoms with E-state index in [-0.39, 0.29) is 18.5 Å². The maximum Gasteiger partial charge on any atom is 0.250 e. The van der Waals surface area contributed by atoms with Crippen LogP contribution in [0.3, 0.4) is 0 Å². The molecule has 0 aliphatic carbocycles. The number of carbonyl (C=O) groups excluding carboxylic acids is 1.